The van der Waals surface area contributed by atoms with Crippen LogP contribution in [-0.4, -0.2) is 44.5 Å². The van der Waals surface area contributed by atoms with E-state index in [0.717, 1.165) is 22.6 Å². The number of hydrogen-bond donors (Lipinski definition) is 2. The minimum Gasteiger partial charge on any atom is -0.497 e. The average molecular weight is 369 g/mol. The number of rotatable bonds is 9. The standard InChI is InChI=1S/C21H27N3O3/c1-24(2)21(26)13-8-16-4-9-18(10-5-16)22-15-20(25)23-14-17-6-11-19(27-3)12-7-17/h4-7,9-12,22H,8,13-15H2,1-3H3,(H,23,25). The Balaban J connectivity index is 1.72. The van der Waals surface area contributed by atoms with Crippen LogP contribution in [0.15, 0.2) is 48.5 Å². The summed E-state index contributed by atoms with van der Waals surface area (Å²) in [5, 5.41) is 5.98. The van der Waals surface area contributed by atoms with Crippen LogP contribution in [0.25, 0.3) is 0 Å². The monoisotopic (exact) mass is 369 g/mol. The van der Waals surface area contributed by atoms with Crippen LogP contribution in [0.3, 0.4) is 0 Å². The number of nitrogens with zero attached hydrogens (tertiary/aromatic N) is 1. The van der Waals surface area contributed by atoms with Gasteiger partial charge in [-0.3, -0.25) is 9.59 Å². The fourth-order valence-electron chi connectivity index (χ4n) is 2.45. The first-order valence-corrected chi connectivity index (χ1v) is 8.90. The molecule has 6 heteroatoms. The van der Waals surface area contributed by atoms with Crippen molar-refractivity contribution in [1.29, 1.82) is 0 Å². The van der Waals surface area contributed by atoms with Gasteiger partial charge in [0.05, 0.1) is 13.7 Å². The number of nitrogens with one attached hydrogen (secondary N) is 2. The van der Waals surface area contributed by atoms with E-state index in [2.05, 4.69) is 10.6 Å². The zero-order valence-corrected chi connectivity index (χ0v) is 16.1. The summed E-state index contributed by atoms with van der Waals surface area (Å²) in [6.45, 7) is 0.679. The number of amides is 2. The van der Waals surface area contributed by atoms with E-state index >= 15 is 0 Å². The summed E-state index contributed by atoms with van der Waals surface area (Å²) in [5.41, 5.74) is 2.98. The van der Waals surface area contributed by atoms with Gasteiger partial charge in [0, 0.05) is 32.7 Å². The van der Waals surface area contributed by atoms with Crippen molar-refractivity contribution in [1.82, 2.24) is 10.2 Å². The molecular formula is C21H27N3O3. The van der Waals surface area contributed by atoms with Crippen LogP contribution < -0.4 is 15.4 Å². The maximum Gasteiger partial charge on any atom is 0.239 e. The van der Waals surface area contributed by atoms with E-state index in [0.29, 0.717) is 19.4 Å². The number of ether oxygens (including phenoxy) is 1. The van der Waals surface area contributed by atoms with Gasteiger partial charge in [-0.2, -0.15) is 0 Å². The van der Waals surface area contributed by atoms with Gasteiger partial charge in [-0.1, -0.05) is 24.3 Å². The van der Waals surface area contributed by atoms with Crippen molar-refractivity contribution in [3.8, 4) is 5.75 Å². The number of carbonyl (C=O) groups excluding carboxylic acids is 2. The summed E-state index contributed by atoms with van der Waals surface area (Å²) < 4.78 is 5.11. The molecule has 6 nitrogen and oxygen atoms in total. The molecule has 0 atom stereocenters. The summed E-state index contributed by atoms with van der Waals surface area (Å²) in [6, 6.07) is 15.4. The third-order valence-electron chi connectivity index (χ3n) is 4.18. The Morgan fingerprint density at radius 3 is 2.19 bits per heavy atom. The number of methoxy groups -OCH3 is 1. The second-order valence-corrected chi connectivity index (χ2v) is 6.46. The first-order valence-electron chi connectivity index (χ1n) is 8.90. The fourth-order valence-corrected chi connectivity index (χ4v) is 2.45. The zero-order valence-electron chi connectivity index (χ0n) is 16.1. The predicted molar refractivity (Wildman–Crippen MR) is 107 cm³/mol. The Kier molecular flexibility index (Phi) is 7.67. The summed E-state index contributed by atoms with van der Waals surface area (Å²) >= 11 is 0. The van der Waals surface area contributed by atoms with Gasteiger partial charge in [-0.25, -0.2) is 0 Å². The molecule has 2 rings (SSSR count). The number of anilines is 1. The third-order valence-corrected chi connectivity index (χ3v) is 4.18. The van der Waals surface area contributed by atoms with Crippen LogP contribution in [0.1, 0.15) is 17.5 Å². The summed E-state index contributed by atoms with van der Waals surface area (Å²) in [5.74, 6) is 0.832. The molecule has 0 saturated carbocycles. The maximum absolute atomic E-state index is 12.0. The fraction of sp³-hybridized carbons (Fsp3) is 0.333. The lowest BCUT2D eigenvalue weighted by Gasteiger charge is -2.11. The van der Waals surface area contributed by atoms with E-state index in [1.165, 1.54) is 0 Å². The van der Waals surface area contributed by atoms with E-state index in [9.17, 15) is 9.59 Å². The highest BCUT2D eigenvalue weighted by atomic mass is 16.5. The maximum atomic E-state index is 12.0. The SMILES string of the molecule is COc1ccc(CNC(=O)CNc2ccc(CCC(=O)N(C)C)cc2)cc1. The Morgan fingerprint density at radius 1 is 0.963 bits per heavy atom. The Labute approximate surface area is 160 Å². The van der Waals surface area contributed by atoms with Gasteiger partial charge in [0.1, 0.15) is 5.75 Å². The molecule has 0 heterocycles. The highest BCUT2D eigenvalue weighted by Crippen LogP contribution is 2.12. The largest absolute Gasteiger partial charge is 0.497 e. The van der Waals surface area contributed by atoms with Crippen molar-refractivity contribution in [3.05, 3.63) is 59.7 Å². The molecule has 2 N–H and O–H groups in total. The molecule has 27 heavy (non-hydrogen) atoms. The molecule has 0 spiro atoms. The molecule has 0 aliphatic carbocycles. The van der Waals surface area contributed by atoms with Crippen LogP contribution in [0.2, 0.25) is 0 Å². The molecule has 2 aromatic rings. The third kappa shape index (κ3) is 7.01. The molecule has 0 unspecified atom stereocenters. The summed E-state index contributed by atoms with van der Waals surface area (Å²) in [4.78, 5) is 25.2. The molecule has 0 bridgehead atoms. The van der Waals surface area contributed by atoms with Gasteiger partial charge >= 0.3 is 0 Å². The smallest absolute Gasteiger partial charge is 0.239 e. The highest BCUT2D eigenvalue weighted by Gasteiger charge is 2.05. The quantitative estimate of drug-likeness (QED) is 0.712. The number of carbonyl (C=O) groups is 2. The molecule has 0 fully saturated rings. The molecule has 0 saturated heterocycles. The Morgan fingerprint density at radius 2 is 1.59 bits per heavy atom. The molecule has 144 valence electrons. The molecule has 0 aliphatic heterocycles. The lowest BCUT2D eigenvalue weighted by atomic mass is 10.1. The molecular weight excluding hydrogens is 342 g/mol. The van der Waals surface area contributed by atoms with E-state index in [1.807, 2.05) is 48.5 Å². The van der Waals surface area contributed by atoms with E-state index in [4.69, 9.17) is 4.74 Å². The van der Waals surface area contributed by atoms with Gasteiger partial charge in [-0.15, -0.1) is 0 Å². The minimum absolute atomic E-state index is 0.0773. The highest BCUT2D eigenvalue weighted by molar-refractivity contribution is 5.80. The second kappa shape index (κ2) is 10.2. The lowest BCUT2D eigenvalue weighted by Crippen LogP contribution is -2.29. The van der Waals surface area contributed by atoms with E-state index in [-0.39, 0.29) is 18.4 Å². The van der Waals surface area contributed by atoms with Crippen molar-refractivity contribution in [2.24, 2.45) is 0 Å². The molecule has 0 radical (unpaired) electrons. The van der Waals surface area contributed by atoms with Crippen LogP contribution >= 0.6 is 0 Å². The van der Waals surface area contributed by atoms with Gasteiger partial charge in [0.2, 0.25) is 11.8 Å². The van der Waals surface area contributed by atoms with Gasteiger partial charge in [-0.05, 0) is 41.8 Å². The van der Waals surface area contributed by atoms with Gasteiger partial charge in [0.15, 0.2) is 0 Å². The van der Waals surface area contributed by atoms with E-state index < -0.39 is 0 Å². The van der Waals surface area contributed by atoms with E-state index in [1.54, 1.807) is 26.1 Å². The number of hydrogen-bond acceptors (Lipinski definition) is 4. The van der Waals surface area contributed by atoms with Crippen LogP contribution in [0.5, 0.6) is 5.75 Å². The average Bonchev–Trinajstić information content (AvgIpc) is 2.69. The van der Waals surface area contributed by atoms with Gasteiger partial charge in [0.25, 0.3) is 0 Å². The zero-order chi connectivity index (χ0) is 19.6. The van der Waals surface area contributed by atoms with Gasteiger partial charge < -0.3 is 20.3 Å². The molecule has 0 aliphatic rings. The second-order valence-electron chi connectivity index (χ2n) is 6.46. The number of benzene rings is 2. The Bertz CT molecular complexity index is 740. The molecule has 0 aromatic heterocycles. The van der Waals surface area contributed by atoms with Crippen LogP contribution in [-0.2, 0) is 22.6 Å². The lowest BCUT2D eigenvalue weighted by molar-refractivity contribution is -0.128. The van der Waals surface area contributed by atoms with Crippen LogP contribution in [0, 0.1) is 0 Å². The van der Waals surface area contributed by atoms with Crippen molar-refractivity contribution < 1.29 is 14.3 Å². The summed E-state index contributed by atoms with van der Waals surface area (Å²) in [7, 11) is 5.14. The van der Waals surface area contributed by atoms with Crippen molar-refractivity contribution >= 4 is 17.5 Å². The first-order chi connectivity index (χ1) is 13.0. The first kappa shape index (κ1) is 20.3. The van der Waals surface area contributed by atoms with Crippen molar-refractivity contribution in [3.63, 3.8) is 0 Å². The number of aryl methyl sites for hydroxylation is 1. The topological polar surface area (TPSA) is 70.7 Å². The minimum atomic E-state index is -0.0773. The summed E-state index contributed by atoms with van der Waals surface area (Å²) in [6.07, 6.45) is 1.20. The Hall–Kier alpha value is -3.02. The van der Waals surface area contributed by atoms with Crippen molar-refractivity contribution in [2.45, 2.75) is 19.4 Å². The van der Waals surface area contributed by atoms with Crippen molar-refractivity contribution in [2.75, 3.05) is 33.1 Å². The van der Waals surface area contributed by atoms with Crippen LogP contribution in [0.4, 0.5) is 5.69 Å². The normalized spacial score (nSPS) is 10.2. The molecule has 2 amide bonds. The molecule has 2 aromatic carbocycles. The predicted octanol–water partition coefficient (Wildman–Crippen LogP) is 2.44.